The first-order valence-electron chi connectivity index (χ1n) is 6.65. The third kappa shape index (κ3) is 3.12. The maximum atomic E-state index is 12.6. The number of hydrogen-bond donors (Lipinski definition) is 0. The van der Waals surface area contributed by atoms with Crippen molar-refractivity contribution in [2.75, 3.05) is 14.2 Å². The smallest absolute Gasteiger partial charge is 0.257 e. The van der Waals surface area contributed by atoms with Crippen molar-refractivity contribution in [3.63, 3.8) is 0 Å². The summed E-state index contributed by atoms with van der Waals surface area (Å²) in [5.74, 6) is 0.671. The van der Waals surface area contributed by atoms with Gasteiger partial charge in [-0.2, -0.15) is 0 Å². The number of halogens is 1. The van der Waals surface area contributed by atoms with Crippen molar-refractivity contribution < 1.29 is 14.3 Å². The predicted octanol–water partition coefficient (Wildman–Crippen LogP) is 2.93. The zero-order valence-electron chi connectivity index (χ0n) is 11.7. The fraction of sp³-hybridized carbons (Fsp3) is 0.467. The molecule has 0 radical (unpaired) electrons. The number of ketones is 1. The molecule has 20 heavy (non-hydrogen) atoms. The van der Waals surface area contributed by atoms with Gasteiger partial charge in [0.1, 0.15) is 11.5 Å². The van der Waals surface area contributed by atoms with E-state index in [-0.39, 0.29) is 17.7 Å². The van der Waals surface area contributed by atoms with Crippen LogP contribution in [0.5, 0.6) is 5.75 Å². The molecule has 0 unspecified atom stereocenters. The molecule has 0 bridgehead atoms. The SMILES string of the molecule is COc1ccc(Cl)cc1C(=O)N(C)C1CCC(=O)CC1. The highest BCUT2D eigenvalue weighted by Crippen LogP contribution is 2.26. The maximum absolute atomic E-state index is 12.6. The molecule has 1 aromatic carbocycles. The molecule has 108 valence electrons. The summed E-state index contributed by atoms with van der Waals surface area (Å²) in [6, 6.07) is 5.10. The zero-order valence-corrected chi connectivity index (χ0v) is 12.4. The third-order valence-corrected chi connectivity index (χ3v) is 4.01. The van der Waals surface area contributed by atoms with Crippen LogP contribution in [0.15, 0.2) is 18.2 Å². The van der Waals surface area contributed by atoms with Gasteiger partial charge in [0.05, 0.1) is 12.7 Å². The van der Waals surface area contributed by atoms with Crippen LogP contribution in [-0.2, 0) is 4.79 Å². The maximum Gasteiger partial charge on any atom is 0.257 e. The first-order chi connectivity index (χ1) is 9.52. The van der Waals surface area contributed by atoms with E-state index in [1.807, 2.05) is 0 Å². The quantitative estimate of drug-likeness (QED) is 0.861. The van der Waals surface area contributed by atoms with Gasteiger partial charge in [-0.3, -0.25) is 9.59 Å². The lowest BCUT2D eigenvalue weighted by Gasteiger charge is -2.31. The fourth-order valence-electron chi connectivity index (χ4n) is 2.51. The molecule has 1 saturated carbocycles. The lowest BCUT2D eigenvalue weighted by atomic mass is 9.93. The average molecular weight is 296 g/mol. The Balaban J connectivity index is 2.18. The number of carbonyl (C=O) groups excluding carboxylic acids is 2. The minimum Gasteiger partial charge on any atom is -0.496 e. The highest BCUT2D eigenvalue weighted by molar-refractivity contribution is 6.31. The van der Waals surface area contributed by atoms with E-state index < -0.39 is 0 Å². The minimum atomic E-state index is -0.122. The van der Waals surface area contributed by atoms with Gasteiger partial charge < -0.3 is 9.64 Å². The summed E-state index contributed by atoms with van der Waals surface area (Å²) in [5.41, 5.74) is 0.458. The van der Waals surface area contributed by atoms with Crippen molar-refractivity contribution in [2.45, 2.75) is 31.7 Å². The summed E-state index contributed by atoms with van der Waals surface area (Å²) >= 11 is 5.96. The first-order valence-corrected chi connectivity index (χ1v) is 7.03. The second-order valence-electron chi connectivity index (χ2n) is 5.03. The average Bonchev–Trinajstić information content (AvgIpc) is 2.46. The van der Waals surface area contributed by atoms with Crippen LogP contribution in [-0.4, -0.2) is 36.8 Å². The second kappa shape index (κ2) is 6.27. The Labute approximate surface area is 123 Å². The Hall–Kier alpha value is -1.55. The largest absolute Gasteiger partial charge is 0.496 e. The number of amides is 1. The Morgan fingerprint density at radius 2 is 2.00 bits per heavy atom. The highest BCUT2D eigenvalue weighted by Gasteiger charge is 2.27. The van der Waals surface area contributed by atoms with Gasteiger partial charge in [0.25, 0.3) is 5.91 Å². The molecule has 1 fully saturated rings. The predicted molar refractivity (Wildman–Crippen MR) is 77.4 cm³/mol. The molecule has 1 aliphatic carbocycles. The number of rotatable bonds is 3. The van der Waals surface area contributed by atoms with E-state index in [1.165, 1.54) is 7.11 Å². The topological polar surface area (TPSA) is 46.6 Å². The first kappa shape index (κ1) is 14.9. The molecular weight excluding hydrogens is 278 g/mol. The number of Topliss-reactive ketones (excluding diaryl/α,β-unsaturated/α-hetero) is 1. The van der Waals surface area contributed by atoms with Crippen molar-refractivity contribution >= 4 is 23.3 Å². The molecule has 1 amide bonds. The van der Waals surface area contributed by atoms with Crippen molar-refractivity contribution in [1.29, 1.82) is 0 Å². The summed E-state index contributed by atoms with van der Waals surface area (Å²) in [7, 11) is 3.29. The molecule has 0 atom stereocenters. The van der Waals surface area contributed by atoms with Gasteiger partial charge in [-0.05, 0) is 31.0 Å². The van der Waals surface area contributed by atoms with Crippen molar-refractivity contribution in [3.05, 3.63) is 28.8 Å². The molecule has 0 spiro atoms. The third-order valence-electron chi connectivity index (χ3n) is 3.77. The van der Waals surface area contributed by atoms with E-state index in [4.69, 9.17) is 16.3 Å². The number of nitrogens with zero attached hydrogens (tertiary/aromatic N) is 1. The van der Waals surface area contributed by atoms with Crippen LogP contribution in [0, 0.1) is 0 Å². The number of carbonyl (C=O) groups is 2. The van der Waals surface area contributed by atoms with Crippen LogP contribution >= 0.6 is 11.6 Å². The van der Waals surface area contributed by atoms with E-state index in [0.29, 0.717) is 29.2 Å². The van der Waals surface area contributed by atoms with Crippen molar-refractivity contribution in [3.8, 4) is 5.75 Å². The Bertz CT molecular complexity index is 520. The molecule has 1 aliphatic rings. The Kier molecular flexibility index (Phi) is 4.65. The van der Waals surface area contributed by atoms with Gasteiger partial charge in [-0.25, -0.2) is 0 Å². The van der Waals surface area contributed by atoms with E-state index in [9.17, 15) is 9.59 Å². The lowest BCUT2D eigenvalue weighted by molar-refractivity contribution is -0.121. The van der Waals surface area contributed by atoms with Crippen LogP contribution in [0.25, 0.3) is 0 Å². The monoisotopic (exact) mass is 295 g/mol. The van der Waals surface area contributed by atoms with E-state index in [2.05, 4.69) is 0 Å². The van der Waals surface area contributed by atoms with Crippen LogP contribution < -0.4 is 4.74 Å². The standard InChI is InChI=1S/C15H18ClNO3/c1-17(11-4-6-12(18)7-5-11)15(19)13-9-10(16)3-8-14(13)20-2/h3,8-9,11H,4-7H2,1-2H3. The number of ether oxygens (including phenoxy) is 1. The number of hydrogen-bond acceptors (Lipinski definition) is 3. The van der Waals surface area contributed by atoms with Gasteiger partial charge in [-0.1, -0.05) is 11.6 Å². The number of benzene rings is 1. The van der Waals surface area contributed by atoms with Crippen LogP contribution in [0.2, 0.25) is 5.02 Å². The molecule has 0 saturated heterocycles. The Morgan fingerprint density at radius 3 is 2.60 bits per heavy atom. The van der Waals surface area contributed by atoms with Crippen molar-refractivity contribution in [2.24, 2.45) is 0 Å². The second-order valence-corrected chi connectivity index (χ2v) is 5.47. The molecule has 2 rings (SSSR count). The highest BCUT2D eigenvalue weighted by atomic mass is 35.5. The lowest BCUT2D eigenvalue weighted by Crippen LogP contribution is -2.39. The fourth-order valence-corrected chi connectivity index (χ4v) is 2.69. The Morgan fingerprint density at radius 1 is 1.35 bits per heavy atom. The molecule has 0 N–H and O–H groups in total. The minimum absolute atomic E-state index is 0.101. The van der Waals surface area contributed by atoms with Crippen molar-refractivity contribution in [1.82, 2.24) is 4.90 Å². The summed E-state index contributed by atoms with van der Waals surface area (Å²) in [5, 5.41) is 0.501. The van der Waals surface area contributed by atoms with Gasteiger partial charge in [0.15, 0.2) is 0 Å². The van der Waals surface area contributed by atoms with E-state index in [0.717, 1.165) is 12.8 Å². The van der Waals surface area contributed by atoms with Crippen LogP contribution in [0.4, 0.5) is 0 Å². The molecule has 0 aromatic heterocycles. The number of methoxy groups -OCH3 is 1. The summed E-state index contributed by atoms with van der Waals surface area (Å²) in [6.45, 7) is 0. The van der Waals surface area contributed by atoms with Gasteiger partial charge in [0, 0.05) is 31.0 Å². The molecular formula is C15H18ClNO3. The molecule has 0 aliphatic heterocycles. The molecule has 5 heteroatoms. The summed E-state index contributed by atoms with van der Waals surface area (Å²) in [6.07, 6.45) is 2.55. The van der Waals surface area contributed by atoms with Crippen LogP contribution in [0.3, 0.4) is 0 Å². The van der Waals surface area contributed by atoms with E-state index >= 15 is 0 Å². The molecule has 1 aromatic rings. The normalized spacial score (nSPS) is 16.1. The van der Waals surface area contributed by atoms with Crippen LogP contribution in [0.1, 0.15) is 36.0 Å². The van der Waals surface area contributed by atoms with Gasteiger partial charge >= 0.3 is 0 Å². The van der Waals surface area contributed by atoms with E-state index in [1.54, 1.807) is 30.1 Å². The van der Waals surface area contributed by atoms with Gasteiger partial charge in [0.2, 0.25) is 0 Å². The summed E-state index contributed by atoms with van der Waals surface area (Å²) in [4.78, 5) is 25.5. The zero-order chi connectivity index (χ0) is 14.7. The molecule has 4 nitrogen and oxygen atoms in total. The summed E-state index contributed by atoms with van der Waals surface area (Å²) < 4.78 is 5.22. The molecule has 0 heterocycles. The van der Waals surface area contributed by atoms with Gasteiger partial charge in [-0.15, -0.1) is 0 Å².